The minimum Gasteiger partial charge on any atom is -0.481 e. The summed E-state index contributed by atoms with van der Waals surface area (Å²) in [6, 6.07) is -1.20. The van der Waals surface area contributed by atoms with Gasteiger partial charge in [0.1, 0.15) is 25.0 Å². The standard InChI is InChI=1S/C34H61N3O11/c1-28(38)18-19-29(34(44)45)37-32(41)27-48-26-31(40)36-21-23-47-25-24-46-22-20-35-30(39)16-14-12-10-8-6-4-2-3-5-7-9-11-13-15-17-33(42)43/h29H,2-27H2,1H3,(H,35,39)(H,36,40)(H,37,41)(H,42,43)(H,44,45). The van der Waals surface area contributed by atoms with Crippen LogP contribution in [0.15, 0.2) is 0 Å². The highest BCUT2D eigenvalue weighted by Crippen LogP contribution is 2.13. The molecular weight excluding hydrogens is 626 g/mol. The molecule has 0 aromatic heterocycles. The molecule has 14 heteroatoms. The van der Waals surface area contributed by atoms with Crippen LogP contribution in [0.2, 0.25) is 0 Å². The lowest BCUT2D eigenvalue weighted by atomic mass is 10.0. The molecule has 1 unspecified atom stereocenters. The van der Waals surface area contributed by atoms with E-state index in [2.05, 4.69) is 16.0 Å². The Morgan fingerprint density at radius 2 is 0.958 bits per heavy atom. The summed E-state index contributed by atoms with van der Waals surface area (Å²) in [6.07, 6.45) is 16.9. The second kappa shape index (κ2) is 32.4. The van der Waals surface area contributed by atoms with Gasteiger partial charge in [0, 0.05) is 32.4 Å². The molecule has 278 valence electrons. The third-order valence-electron chi connectivity index (χ3n) is 7.44. The van der Waals surface area contributed by atoms with Crippen LogP contribution in [0.25, 0.3) is 0 Å². The summed E-state index contributed by atoms with van der Waals surface area (Å²) in [5.41, 5.74) is 0. The lowest BCUT2D eigenvalue weighted by molar-refractivity contribution is -0.143. The summed E-state index contributed by atoms with van der Waals surface area (Å²) in [7, 11) is 0. The molecule has 1 atom stereocenters. The fourth-order valence-electron chi connectivity index (χ4n) is 4.75. The molecule has 0 aromatic rings. The van der Waals surface area contributed by atoms with Gasteiger partial charge >= 0.3 is 11.9 Å². The van der Waals surface area contributed by atoms with Crippen LogP contribution in [0.5, 0.6) is 0 Å². The van der Waals surface area contributed by atoms with Gasteiger partial charge in [-0.3, -0.25) is 19.2 Å². The number of carboxylic acids is 2. The Kier molecular flexibility index (Phi) is 30.4. The van der Waals surface area contributed by atoms with Crippen LogP contribution in [0.4, 0.5) is 0 Å². The normalized spacial score (nSPS) is 11.5. The van der Waals surface area contributed by atoms with Gasteiger partial charge in [-0.15, -0.1) is 0 Å². The number of hydrogen-bond acceptors (Lipinski definition) is 9. The SMILES string of the molecule is CC(=O)CCC(NC(=O)COCC(=O)NCCOCCOCCNC(=O)CCCCCCCCCCCCCCCCC(=O)O)C(=O)O. The average Bonchev–Trinajstić information content (AvgIpc) is 3.03. The minimum atomic E-state index is -1.25. The van der Waals surface area contributed by atoms with Crippen molar-refractivity contribution in [3.63, 3.8) is 0 Å². The zero-order valence-electron chi connectivity index (χ0n) is 29.0. The molecule has 0 aromatic carbocycles. The summed E-state index contributed by atoms with van der Waals surface area (Å²) < 4.78 is 15.8. The van der Waals surface area contributed by atoms with E-state index >= 15 is 0 Å². The maximum Gasteiger partial charge on any atom is 0.326 e. The lowest BCUT2D eigenvalue weighted by Crippen LogP contribution is -2.43. The van der Waals surface area contributed by atoms with E-state index in [1.807, 2.05) is 0 Å². The van der Waals surface area contributed by atoms with Crippen LogP contribution in [-0.4, -0.2) is 104 Å². The molecule has 0 spiro atoms. The predicted molar refractivity (Wildman–Crippen MR) is 179 cm³/mol. The molecule has 0 aliphatic rings. The number of unbranched alkanes of at least 4 members (excludes halogenated alkanes) is 13. The van der Waals surface area contributed by atoms with Crippen LogP contribution < -0.4 is 16.0 Å². The molecule has 0 aliphatic carbocycles. The molecular formula is C34H61N3O11. The van der Waals surface area contributed by atoms with Crippen LogP contribution >= 0.6 is 0 Å². The van der Waals surface area contributed by atoms with Crippen LogP contribution in [-0.2, 0) is 43.0 Å². The molecule has 3 amide bonds. The Labute approximate surface area is 285 Å². The van der Waals surface area contributed by atoms with Crippen LogP contribution in [0.3, 0.4) is 0 Å². The maximum atomic E-state index is 12.0. The van der Waals surface area contributed by atoms with Crippen molar-refractivity contribution in [3.8, 4) is 0 Å². The van der Waals surface area contributed by atoms with E-state index in [0.717, 1.165) is 38.5 Å². The molecule has 0 saturated heterocycles. The number of carboxylic acid groups (broad SMARTS) is 2. The van der Waals surface area contributed by atoms with Gasteiger partial charge in [0.2, 0.25) is 17.7 Å². The number of carbonyl (C=O) groups is 6. The Morgan fingerprint density at radius 3 is 1.42 bits per heavy atom. The number of rotatable bonds is 35. The summed E-state index contributed by atoms with van der Waals surface area (Å²) >= 11 is 0. The van der Waals surface area contributed by atoms with Gasteiger partial charge in [-0.05, 0) is 26.2 Å². The van der Waals surface area contributed by atoms with E-state index in [1.165, 1.54) is 58.3 Å². The molecule has 0 heterocycles. The number of amides is 3. The van der Waals surface area contributed by atoms with Gasteiger partial charge in [0.15, 0.2) is 0 Å². The van der Waals surface area contributed by atoms with Gasteiger partial charge in [-0.1, -0.05) is 77.0 Å². The highest BCUT2D eigenvalue weighted by atomic mass is 16.5. The van der Waals surface area contributed by atoms with Gasteiger partial charge in [-0.25, -0.2) is 4.79 Å². The van der Waals surface area contributed by atoms with Gasteiger partial charge in [-0.2, -0.15) is 0 Å². The van der Waals surface area contributed by atoms with Crippen molar-refractivity contribution in [1.29, 1.82) is 0 Å². The highest BCUT2D eigenvalue weighted by Gasteiger charge is 2.20. The molecule has 0 rings (SSSR count). The van der Waals surface area contributed by atoms with Crippen molar-refractivity contribution in [3.05, 3.63) is 0 Å². The Balaban J connectivity index is 3.44. The first-order valence-corrected chi connectivity index (χ1v) is 17.6. The van der Waals surface area contributed by atoms with E-state index in [1.54, 1.807) is 0 Å². The van der Waals surface area contributed by atoms with E-state index in [0.29, 0.717) is 39.2 Å². The number of aliphatic carboxylic acids is 2. The Bertz CT molecular complexity index is 902. The fourth-order valence-corrected chi connectivity index (χ4v) is 4.75. The second-order valence-electron chi connectivity index (χ2n) is 12.0. The quantitative estimate of drug-likeness (QED) is 0.0609. The number of nitrogens with one attached hydrogen (secondary N) is 3. The molecule has 0 fully saturated rings. The van der Waals surface area contributed by atoms with Gasteiger partial charge in [0.25, 0.3) is 0 Å². The summed E-state index contributed by atoms with van der Waals surface area (Å²) in [5, 5.41) is 25.4. The highest BCUT2D eigenvalue weighted by molar-refractivity contribution is 5.85. The van der Waals surface area contributed by atoms with E-state index < -0.39 is 36.4 Å². The predicted octanol–water partition coefficient (Wildman–Crippen LogP) is 3.53. The zero-order valence-corrected chi connectivity index (χ0v) is 29.0. The van der Waals surface area contributed by atoms with Crippen molar-refractivity contribution >= 4 is 35.4 Å². The maximum absolute atomic E-state index is 12.0. The molecule has 0 saturated carbocycles. The molecule has 0 aliphatic heterocycles. The van der Waals surface area contributed by atoms with E-state index in [9.17, 15) is 28.8 Å². The van der Waals surface area contributed by atoms with E-state index in [4.69, 9.17) is 24.4 Å². The van der Waals surface area contributed by atoms with Crippen molar-refractivity contribution in [2.45, 2.75) is 129 Å². The molecule has 5 N–H and O–H groups in total. The van der Waals surface area contributed by atoms with Crippen molar-refractivity contribution in [2.24, 2.45) is 0 Å². The first-order valence-electron chi connectivity index (χ1n) is 17.6. The minimum absolute atomic E-state index is 0.0228. The second-order valence-corrected chi connectivity index (χ2v) is 12.0. The summed E-state index contributed by atoms with van der Waals surface area (Å²) in [5.74, 6) is -3.25. The number of hydrogen-bond donors (Lipinski definition) is 5. The number of ether oxygens (including phenoxy) is 3. The third-order valence-corrected chi connectivity index (χ3v) is 7.44. The van der Waals surface area contributed by atoms with E-state index in [-0.39, 0.29) is 44.3 Å². The lowest BCUT2D eigenvalue weighted by Gasteiger charge is -2.13. The first kappa shape index (κ1) is 44.9. The largest absolute Gasteiger partial charge is 0.481 e. The molecule has 0 radical (unpaired) electrons. The molecule has 14 nitrogen and oxygen atoms in total. The summed E-state index contributed by atoms with van der Waals surface area (Å²) in [6.45, 7) is 2.45. The summed E-state index contributed by atoms with van der Waals surface area (Å²) in [4.78, 5) is 68.2. The fraction of sp³-hybridized carbons (Fsp3) is 0.824. The van der Waals surface area contributed by atoms with Crippen molar-refractivity contribution in [1.82, 2.24) is 16.0 Å². The third kappa shape index (κ3) is 32.8. The number of carbonyl (C=O) groups excluding carboxylic acids is 4. The van der Waals surface area contributed by atoms with Crippen LogP contribution in [0, 0.1) is 0 Å². The van der Waals surface area contributed by atoms with Gasteiger partial charge < -0.3 is 45.2 Å². The number of ketones is 1. The Hall–Kier alpha value is -3.10. The number of Topliss-reactive ketones (excluding diaryl/α,β-unsaturated/α-hetero) is 1. The smallest absolute Gasteiger partial charge is 0.326 e. The first-order chi connectivity index (χ1) is 23.1. The topological polar surface area (TPSA) is 207 Å². The van der Waals surface area contributed by atoms with Crippen LogP contribution in [0.1, 0.15) is 122 Å². The average molecular weight is 688 g/mol. The van der Waals surface area contributed by atoms with Gasteiger partial charge in [0.05, 0.1) is 26.4 Å². The monoisotopic (exact) mass is 687 g/mol. The Morgan fingerprint density at radius 1 is 0.521 bits per heavy atom. The molecule has 48 heavy (non-hydrogen) atoms. The van der Waals surface area contributed by atoms with Crippen molar-refractivity contribution in [2.75, 3.05) is 52.7 Å². The molecule has 0 bridgehead atoms. The van der Waals surface area contributed by atoms with Crippen molar-refractivity contribution < 1.29 is 53.2 Å². The zero-order chi connectivity index (χ0) is 35.7.